The predicted molar refractivity (Wildman–Crippen MR) is 51.1 cm³/mol. The number of carbonyl (C=O) groups is 2. The first-order chi connectivity index (χ1) is 7.06. The lowest BCUT2D eigenvalue weighted by Gasteiger charge is -2.13. The Hall–Kier alpha value is -1.66. The third-order valence-corrected chi connectivity index (χ3v) is 1.73. The summed E-state index contributed by atoms with van der Waals surface area (Å²) in [5.74, 6) is -1.85. The van der Waals surface area contributed by atoms with E-state index in [1.165, 1.54) is 0 Å². The van der Waals surface area contributed by atoms with E-state index in [1.54, 1.807) is 0 Å². The Kier molecular flexibility index (Phi) is 6.86. The fraction of sp³-hybridized carbons (Fsp3) is 0.750. The summed E-state index contributed by atoms with van der Waals surface area (Å²) in [6.07, 6.45) is 0.609. The molecule has 15 heavy (non-hydrogen) atoms. The van der Waals surface area contributed by atoms with Crippen LogP contribution in [0.5, 0.6) is 0 Å². The molecule has 2 N–H and O–H groups in total. The van der Waals surface area contributed by atoms with Crippen LogP contribution in [0.3, 0.4) is 0 Å². The standard InChI is InChI=1S/C8H14N2O5/c11-7(12)3-1-5-10(9-15)6-2-4-8(13)14/h1-6H2,(H,11,12)(H,13,14). The molecule has 0 fully saturated rings. The van der Waals surface area contributed by atoms with Crippen molar-refractivity contribution in [2.75, 3.05) is 13.1 Å². The zero-order valence-electron chi connectivity index (χ0n) is 8.26. The molecule has 7 heteroatoms. The van der Waals surface area contributed by atoms with Crippen molar-refractivity contribution < 1.29 is 19.8 Å². The first-order valence-corrected chi connectivity index (χ1v) is 4.58. The molecule has 0 amide bonds. The highest BCUT2D eigenvalue weighted by atomic mass is 16.4. The Bertz CT molecular complexity index is 211. The van der Waals surface area contributed by atoms with Crippen molar-refractivity contribution in [1.29, 1.82) is 0 Å². The van der Waals surface area contributed by atoms with E-state index in [2.05, 4.69) is 5.29 Å². The predicted octanol–water partition coefficient (Wildman–Crippen LogP) is 0.699. The lowest BCUT2D eigenvalue weighted by Crippen LogP contribution is -2.20. The molecule has 0 aromatic rings. The van der Waals surface area contributed by atoms with Gasteiger partial charge in [-0.05, 0) is 12.8 Å². The summed E-state index contributed by atoms with van der Waals surface area (Å²) < 4.78 is 0. The molecule has 0 saturated heterocycles. The highest BCUT2D eigenvalue weighted by Crippen LogP contribution is 1.99. The minimum absolute atomic E-state index is 0.0229. The molecular formula is C8H14N2O5. The van der Waals surface area contributed by atoms with Gasteiger partial charge in [0.05, 0.1) is 5.29 Å². The molecule has 0 aromatic heterocycles. The minimum Gasteiger partial charge on any atom is -0.481 e. The second-order valence-corrected chi connectivity index (χ2v) is 3.03. The van der Waals surface area contributed by atoms with E-state index in [4.69, 9.17) is 10.2 Å². The Morgan fingerprint density at radius 3 is 1.67 bits per heavy atom. The van der Waals surface area contributed by atoms with Gasteiger partial charge in [0.25, 0.3) is 0 Å². The van der Waals surface area contributed by atoms with Crippen LogP contribution in [0, 0.1) is 4.91 Å². The highest BCUT2D eigenvalue weighted by molar-refractivity contribution is 5.66. The van der Waals surface area contributed by atoms with Crippen molar-refractivity contribution in [1.82, 2.24) is 5.01 Å². The monoisotopic (exact) mass is 218 g/mol. The third kappa shape index (κ3) is 8.66. The highest BCUT2D eigenvalue weighted by Gasteiger charge is 2.05. The number of hydrogen-bond donors (Lipinski definition) is 2. The van der Waals surface area contributed by atoms with Crippen molar-refractivity contribution >= 4 is 11.9 Å². The van der Waals surface area contributed by atoms with E-state index >= 15 is 0 Å². The van der Waals surface area contributed by atoms with Crippen LogP contribution in [0.4, 0.5) is 0 Å². The number of rotatable bonds is 9. The van der Waals surface area contributed by atoms with Gasteiger partial charge in [-0.1, -0.05) is 0 Å². The molecule has 0 bridgehead atoms. The maximum absolute atomic E-state index is 10.2. The molecule has 0 aliphatic rings. The molecular weight excluding hydrogens is 204 g/mol. The summed E-state index contributed by atoms with van der Waals surface area (Å²) in [6.45, 7) is 0.491. The van der Waals surface area contributed by atoms with Gasteiger partial charge in [-0.15, -0.1) is 4.91 Å². The molecule has 0 saturated carbocycles. The van der Waals surface area contributed by atoms with Crippen molar-refractivity contribution in [3.63, 3.8) is 0 Å². The van der Waals surface area contributed by atoms with E-state index in [1.807, 2.05) is 0 Å². The Morgan fingerprint density at radius 1 is 1.00 bits per heavy atom. The Balaban J connectivity index is 3.59. The molecule has 7 nitrogen and oxygen atoms in total. The van der Waals surface area contributed by atoms with Crippen molar-refractivity contribution in [2.24, 2.45) is 5.29 Å². The van der Waals surface area contributed by atoms with Crippen LogP contribution < -0.4 is 0 Å². The van der Waals surface area contributed by atoms with Crippen molar-refractivity contribution in [3.8, 4) is 0 Å². The molecule has 0 rings (SSSR count). The number of aliphatic carboxylic acids is 2. The summed E-state index contributed by atoms with van der Waals surface area (Å²) >= 11 is 0. The molecule has 0 unspecified atom stereocenters. The molecule has 0 aromatic carbocycles. The normalized spacial score (nSPS) is 9.60. The van der Waals surface area contributed by atoms with Crippen LogP contribution in [0.25, 0.3) is 0 Å². The summed E-state index contributed by atoms with van der Waals surface area (Å²) in [7, 11) is 0. The first kappa shape index (κ1) is 13.3. The van der Waals surface area contributed by atoms with Crippen LogP contribution in [0.1, 0.15) is 25.7 Å². The summed E-state index contributed by atoms with van der Waals surface area (Å²) in [5, 5.41) is 20.5. The lowest BCUT2D eigenvalue weighted by molar-refractivity contribution is -0.138. The van der Waals surface area contributed by atoms with E-state index in [0.717, 1.165) is 5.01 Å². The first-order valence-electron chi connectivity index (χ1n) is 4.58. The van der Waals surface area contributed by atoms with E-state index in [-0.39, 0.29) is 25.9 Å². The van der Waals surface area contributed by atoms with Gasteiger partial charge in [0.15, 0.2) is 0 Å². The van der Waals surface area contributed by atoms with Crippen LogP contribution in [0.2, 0.25) is 0 Å². The lowest BCUT2D eigenvalue weighted by atomic mass is 10.3. The number of nitrogens with zero attached hydrogens (tertiary/aromatic N) is 2. The van der Waals surface area contributed by atoms with E-state index in [9.17, 15) is 14.5 Å². The second-order valence-electron chi connectivity index (χ2n) is 3.03. The van der Waals surface area contributed by atoms with Gasteiger partial charge >= 0.3 is 11.9 Å². The number of carboxylic acid groups (broad SMARTS) is 2. The topological polar surface area (TPSA) is 107 Å². The van der Waals surface area contributed by atoms with Gasteiger partial charge in [0.2, 0.25) is 0 Å². The quantitative estimate of drug-likeness (QED) is 0.435. The molecule has 0 spiro atoms. The van der Waals surface area contributed by atoms with Crippen LogP contribution in [-0.4, -0.2) is 40.3 Å². The maximum Gasteiger partial charge on any atom is 0.303 e. The fourth-order valence-corrected chi connectivity index (χ4v) is 1.02. The summed E-state index contributed by atoms with van der Waals surface area (Å²) in [5.41, 5.74) is 0. The van der Waals surface area contributed by atoms with Crippen molar-refractivity contribution in [2.45, 2.75) is 25.7 Å². The van der Waals surface area contributed by atoms with Gasteiger partial charge in [0, 0.05) is 25.9 Å². The summed E-state index contributed by atoms with van der Waals surface area (Å²) in [6, 6.07) is 0. The van der Waals surface area contributed by atoms with Gasteiger partial charge in [-0.3, -0.25) is 14.6 Å². The van der Waals surface area contributed by atoms with Gasteiger partial charge in [-0.25, -0.2) is 0 Å². The van der Waals surface area contributed by atoms with E-state index < -0.39 is 11.9 Å². The molecule has 0 aliphatic heterocycles. The largest absolute Gasteiger partial charge is 0.481 e. The zero-order chi connectivity index (χ0) is 11.7. The number of hydrogen-bond acceptors (Lipinski definition) is 4. The maximum atomic E-state index is 10.2. The van der Waals surface area contributed by atoms with Crippen molar-refractivity contribution in [3.05, 3.63) is 4.91 Å². The Morgan fingerprint density at radius 2 is 1.40 bits per heavy atom. The van der Waals surface area contributed by atoms with Gasteiger partial charge in [0.1, 0.15) is 0 Å². The van der Waals surface area contributed by atoms with Gasteiger partial charge < -0.3 is 10.2 Å². The van der Waals surface area contributed by atoms with Crippen LogP contribution in [-0.2, 0) is 9.59 Å². The molecule has 0 heterocycles. The molecule has 86 valence electrons. The molecule has 0 aliphatic carbocycles. The number of nitroso groups, excluding NO2 is 1. The van der Waals surface area contributed by atoms with E-state index in [0.29, 0.717) is 12.8 Å². The molecule has 0 atom stereocenters. The molecule has 0 radical (unpaired) electrons. The third-order valence-electron chi connectivity index (χ3n) is 1.73. The second kappa shape index (κ2) is 7.72. The average molecular weight is 218 g/mol. The SMILES string of the molecule is O=NN(CCCC(=O)O)CCCC(=O)O. The smallest absolute Gasteiger partial charge is 0.303 e. The average Bonchev–Trinajstić information content (AvgIpc) is 2.14. The van der Waals surface area contributed by atoms with Crippen LogP contribution >= 0.6 is 0 Å². The number of carboxylic acids is 2. The van der Waals surface area contributed by atoms with Crippen LogP contribution in [0.15, 0.2) is 5.29 Å². The Labute approximate surface area is 86.6 Å². The fourth-order valence-electron chi connectivity index (χ4n) is 1.02. The minimum atomic E-state index is -0.925. The zero-order valence-corrected chi connectivity index (χ0v) is 8.26. The van der Waals surface area contributed by atoms with Gasteiger partial charge in [-0.2, -0.15) is 0 Å². The summed E-state index contributed by atoms with van der Waals surface area (Å²) in [4.78, 5) is 30.6.